The molecule has 0 saturated heterocycles. The van der Waals surface area contributed by atoms with Gasteiger partial charge in [0.15, 0.2) is 0 Å². The van der Waals surface area contributed by atoms with E-state index in [2.05, 4.69) is 5.32 Å². The molecule has 0 saturated carbocycles. The molecule has 98 valence electrons. The number of hydrogen-bond donors (Lipinski definition) is 2. The molecular formula is C13H18N2O2S. The van der Waals surface area contributed by atoms with Crippen molar-refractivity contribution in [3.63, 3.8) is 0 Å². The second-order valence-corrected chi connectivity index (χ2v) is 4.25. The molecule has 5 heteroatoms. The Morgan fingerprint density at radius 1 is 1.44 bits per heavy atom. The Balaban J connectivity index is 2.83. The van der Waals surface area contributed by atoms with Gasteiger partial charge in [0.25, 0.3) is 0 Å². The van der Waals surface area contributed by atoms with Crippen LogP contribution in [0, 0.1) is 5.92 Å². The number of rotatable bonds is 6. The maximum atomic E-state index is 12.0. The van der Waals surface area contributed by atoms with Gasteiger partial charge in [-0.2, -0.15) is 0 Å². The zero-order chi connectivity index (χ0) is 13.5. The minimum Gasteiger partial charge on any atom is -0.492 e. The van der Waals surface area contributed by atoms with Gasteiger partial charge in [-0.1, -0.05) is 31.3 Å². The quantitative estimate of drug-likeness (QED) is 0.776. The summed E-state index contributed by atoms with van der Waals surface area (Å²) < 4.78 is 5.43. The second kappa shape index (κ2) is 6.96. The fourth-order valence-electron chi connectivity index (χ4n) is 1.59. The number of benzene rings is 1. The van der Waals surface area contributed by atoms with Crippen LogP contribution < -0.4 is 15.8 Å². The summed E-state index contributed by atoms with van der Waals surface area (Å²) in [6.07, 6.45) is 0.581. The number of anilines is 1. The van der Waals surface area contributed by atoms with Gasteiger partial charge in [-0.3, -0.25) is 4.79 Å². The van der Waals surface area contributed by atoms with Gasteiger partial charge < -0.3 is 15.8 Å². The topological polar surface area (TPSA) is 64.3 Å². The Morgan fingerprint density at radius 2 is 2.11 bits per heavy atom. The number of para-hydroxylation sites is 2. The molecule has 0 spiro atoms. The third-order valence-electron chi connectivity index (χ3n) is 2.51. The zero-order valence-corrected chi connectivity index (χ0v) is 11.4. The third kappa shape index (κ3) is 3.70. The average molecular weight is 266 g/mol. The van der Waals surface area contributed by atoms with Gasteiger partial charge in [-0.15, -0.1) is 0 Å². The number of ether oxygens (including phenoxy) is 1. The van der Waals surface area contributed by atoms with E-state index in [4.69, 9.17) is 22.7 Å². The summed E-state index contributed by atoms with van der Waals surface area (Å²) in [4.78, 5) is 12.2. The maximum Gasteiger partial charge on any atom is 0.234 e. The molecule has 0 radical (unpaired) electrons. The molecule has 1 unspecified atom stereocenters. The Morgan fingerprint density at radius 3 is 2.67 bits per heavy atom. The highest BCUT2D eigenvalue weighted by Gasteiger charge is 2.20. The number of thiocarbonyl (C=S) groups is 1. The fraction of sp³-hybridized carbons (Fsp3) is 0.385. The molecule has 4 nitrogen and oxygen atoms in total. The molecule has 18 heavy (non-hydrogen) atoms. The van der Waals surface area contributed by atoms with Crippen LogP contribution in [-0.2, 0) is 4.79 Å². The van der Waals surface area contributed by atoms with Gasteiger partial charge in [-0.25, -0.2) is 0 Å². The largest absolute Gasteiger partial charge is 0.492 e. The Hall–Kier alpha value is -1.62. The molecule has 0 bridgehead atoms. The third-order valence-corrected chi connectivity index (χ3v) is 2.80. The van der Waals surface area contributed by atoms with Gasteiger partial charge in [-0.05, 0) is 25.5 Å². The Bertz CT molecular complexity index is 435. The first-order chi connectivity index (χ1) is 8.60. The number of carbonyl (C=O) groups excluding carboxylic acids is 1. The van der Waals surface area contributed by atoms with E-state index in [-0.39, 0.29) is 10.9 Å². The van der Waals surface area contributed by atoms with E-state index in [1.807, 2.05) is 26.0 Å². The first kappa shape index (κ1) is 14.4. The highest BCUT2D eigenvalue weighted by molar-refractivity contribution is 7.80. The van der Waals surface area contributed by atoms with Crippen molar-refractivity contribution in [1.82, 2.24) is 0 Å². The van der Waals surface area contributed by atoms with Gasteiger partial charge in [0, 0.05) is 0 Å². The second-order valence-electron chi connectivity index (χ2n) is 3.78. The molecule has 0 aromatic heterocycles. The van der Waals surface area contributed by atoms with Crippen molar-refractivity contribution in [3.8, 4) is 5.75 Å². The van der Waals surface area contributed by atoms with Crippen molar-refractivity contribution in [2.45, 2.75) is 20.3 Å². The predicted molar refractivity (Wildman–Crippen MR) is 76.8 cm³/mol. The van der Waals surface area contributed by atoms with Crippen molar-refractivity contribution in [3.05, 3.63) is 24.3 Å². The minimum absolute atomic E-state index is 0.197. The number of nitrogens with one attached hydrogen (secondary N) is 1. The molecule has 1 aromatic carbocycles. The molecule has 0 aliphatic heterocycles. The van der Waals surface area contributed by atoms with Crippen LogP contribution in [0.3, 0.4) is 0 Å². The van der Waals surface area contributed by atoms with Gasteiger partial charge in [0.2, 0.25) is 5.91 Å². The first-order valence-corrected chi connectivity index (χ1v) is 6.33. The van der Waals surface area contributed by atoms with E-state index in [0.717, 1.165) is 0 Å². The highest BCUT2D eigenvalue weighted by Crippen LogP contribution is 2.24. The molecule has 1 amide bonds. The van der Waals surface area contributed by atoms with E-state index in [1.54, 1.807) is 12.1 Å². The molecule has 1 rings (SSSR count). The summed E-state index contributed by atoms with van der Waals surface area (Å²) in [6.45, 7) is 4.31. The first-order valence-electron chi connectivity index (χ1n) is 5.92. The summed E-state index contributed by atoms with van der Waals surface area (Å²) in [6, 6.07) is 7.28. The van der Waals surface area contributed by atoms with Crippen LogP contribution in [0.5, 0.6) is 5.75 Å². The summed E-state index contributed by atoms with van der Waals surface area (Å²) in [7, 11) is 0. The average Bonchev–Trinajstić information content (AvgIpc) is 2.32. The number of hydrogen-bond acceptors (Lipinski definition) is 3. The monoisotopic (exact) mass is 266 g/mol. The lowest BCUT2D eigenvalue weighted by molar-refractivity contribution is -0.118. The standard InChI is InChI=1S/C13H18N2O2S/c1-3-9(12(14)18)13(16)15-10-7-5-6-8-11(10)17-4-2/h5-9H,3-4H2,1-2H3,(H2,14,18)(H,15,16). The van der Waals surface area contributed by atoms with Gasteiger partial charge >= 0.3 is 0 Å². The van der Waals surface area contributed by atoms with Crippen molar-refractivity contribution in [1.29, 1.82) is 0 Å². The van der Waals surface area contributed by atoms with Gasteiger partial charge in [0.1, 0.15) is 5.75 Å². The zero-order valence-electron chi connectivity index (χ0n) is 10.6. The van der Waals surface area contributed by atoms with Crippen LogP contribution in [0.1, 0.15) is 20.3 Å². The molecule has 1 atom stereocenters. The van der Waals surface area contributed by atoms with E-state index in [9.17, 15) is 4.79 Å². The molecule has 0 heterocycles. The summed E-state index contributed by atoms with van der Waals surface area (Å²) in [5.41, 5.74) is 6.18. The van der Waals surface area contributed by atoms with Crippen molar-refractivity contribution >= 4 is 28.8 Å². The van der Waals surface area contributed by atoms with Crippen LogP contribution in [0.4, 0.5) is 5.69 Å². The fourth-order valence-corrected chi connectivity index (χ4v) is 1.86. The molecule has 0 fully saturated rings. The van der Waals surface area contributed by atoms with Crippen molar-refractivity contribution < 1.29 is 9.53 Å². The normalized spacial score (nSPS) is 11.7. The van der Waals surface area contributed by atoms with Crippen LogP contribution >= 0.6 is 12.2 Å². The van der Waals surface area contributed by atoms with Crippen LogP contribution in [0.2, 0.25) is 0 Å². The van der Waals surface area contributed by atoms with E-state index >= 15 is 0 Å². The molecule has 0 aliphatic carbocycles. The summed E-state index contributed by atoms with van der Waals surface area (Å²) in [5.74, 6) is -0.00187. The lowest BCUT2D eigenvalue weighted by Gasteiger charge is -2.15. The van der Waals surface area contributed by atoms with E-state index in [1.165, 1.54) is 0 Å². The number of nitrogens with two attached hydrogens (primary N) is 1. The van der Waals surface area contributed by atoms with Crippen LogP contribution in [0.25, 0.3) is 0 Å². The predicted octanol–water partition coefficient (Wildman–Crippen LogP) is 2.34. The minimum atomic E-state index is -0.449. The molecule has 1 aromatic rings. The van der Waals surface area contributed by atoms with E-state index in [0.29, 0.717) is 24.5 Å². The van der Waals surface area contributed by atoms with Crippen molar-refractivity contribution in [2.75, 3.05) is 11.9 Å². The molecule has 0 aliphatic rings. The molecule has 3 N–H and O–H groups in total. The highest BCUT2D eigenvalue weighted by atomic mass is 32.1. The van der Waals surface area contributed by atoms with Crippen LogP contribution in [0.15, 0.2) is 24.3 Å². The smallest absolute Gasteiger partial charge is 0.234 e. The number of amides is 1. The van der Waals surface area contributed by atoms with Gasteiger partial charge in [0.05, 0.1) is 23.2 Å². The number of carbonyl (C=O) groups is 1. The summed E-state index contributed by atoms with van der Waals surface area (Å²) >= 11 is 4.88. The van der Waals surface area contributed by atoms with Crippen LogP contribution in [-0.4, -0.2) is 17.5 Å². The Kier molecular flexibility index (Phi) is 5.58. The Labute approximate surface area is 113 Å². The lowest BCUT2D eigenvalue weighted by Crippen LogP contribution is -2.32. The van der Waals surface area contributed by atoms with Crippen molar-refractivity contribution in [2.24, 2.45) is 11.7 Å². The SMILES string of the molecule is CCOc1ccccc1NC(=O)C(CC)C(N)=S. The molecular weight excluding hydrogens is 248 g/mol. The maximum absolute atomic E-state index is 12.0. The summed E-state index contributed by atoms with van der Waals surface area (Å²) in [5, 5.41) is 2.80. The lowest BCUT2D eigenvalue weighted by atomic mass is 10.1. The van der Waals surface area contributed by atoms with E-state index < -0.39 is 5.92 Å².